The van der Waals surface area contributed by atoms with E-state index in [0.717, 1.165) is 12.8 Å². The van der Waals surface area contributed by atoms with Crippen molar-refractivity contribution in [3.8, 4) is 0 Å². The highest BCUT2D eigenvalue weighted by molar-refractivity contribution is 5.84. The highest BCUT2D eigenvalue weighted by atomic mass is 16.2. The molecule has 0 heterocycles. The lowest BCUT2D eigenvalue weighted by molar-refractivity contribution is -0.127. The fraction of sp³-hybridized carbons (Fsp3) is 0.846. The molecule has 18 heavy (non-hydrogen) atoms. The molecule has 0 aliphatic heterocycles. The molecule has 0 spiro atoms. The number of amides is 2. The number of carbonyl (C=O) groups excluding carboxylic acids is 2. The topological polar surface area (TPSA) is 84.2 Å². The fourth-order valence-corrected chi connectivity index (χ4v) is 1.54. The Morgan fingerprint density at radius 3 is 2.28 bits per heavy atom. The van der Waals surface area contributed by atoms with E-state index < -0.39 is 0 Å². The first kappa shape index (κ1) is 16.9. The van der Waals surface area contributed by atoms with E-state index in [1.165, 1.54) is 0 Å². The molecule has 0 aromatic carbocycles. The molecule has 0 aromatic rings. The van der Waals surface area contributed by atoms with Crippen LogP contribution in [0, 0.1) is 5.92 Å². The first-order valence-corrected chi connectivity index (χ1v) is 6.52. The maximum absolute atomic E-state index is 11.5. The van der Waals surface area contributed by atoms with Crippen LogP contribution >= 0.6 is 0 Å². The van der Waals surface area contributed by atoms with Gasteiger partial charge in [-0.05, 0) is 46.1 Å². The lowest BCUT2D eigenvalue weighted by Gasteiger charge is -2.20. The van der Waals surface area contributed by atoms with Gasteiger partial charge < -0.3 is 16.4 Å². The van der Waals surface area contributed by atoms with Gasteiger partial charge in [-0.25, -0.2) is 0 Å². The van der Waals surface area contributed by atoms with Gasteiger partial charge in [-0.1, -0.05) is 6.92 Å². The molecule has 0 radical (unpaired) electrons. The number of hydrogen-bond donors (Lipinski definition) is 3. The second-order valence-corrected chi connectivity index (χ2v) is 5.80. The predicted octanol–water partition coefficient (Wildman–Crippen LogP) is 0.782. The van der Waals surface area contributed by atoms with E-state index in [4.69, 9.17) is 5.73 Å². The third-order valence-electron chi connectivity index (χ3n) is 2.48. The second kappa shape index (κ2) is 8.08. The molecule has 4 N–H and O–H groups in total. The van der Waals surface area contributed by atoms with Crippen LogP contribution in [0.4, 0.5) is 0 Å². The zero-order valence-corrected chi connectivity index (χ0v) is 12.0. The van der Waals surface area contributed by atoms with Crippen LogP contribution in [0.15, 0.2) is 0 Å². The lowest BCUT2D eigenvalue weighted by Crippen LogP contribution is -2.45. The SMILES string of the molecule is CC(CCN)CCC(=O)NCC(=O)NC(C)(C)C. The number of carbonyl (C=O) groups is 2. The van der Waals surface area contributed by atoms with Crippen molar-refractivity contribution in [2.24, 2.45) is 11.7 Å². The van der Waals surface area contributed by atoms with Crippen molar-refractivity contribution in [2.75, 3.05) is 13.1 Å². The molecule has 0 bridgehead atoms. The molecule has 0 aliphatic rings. The third-order valence-corrected chi connectivity index (χ3v) is 2.48. The van der Waals surface area contributed by atoms with Crippen molar-refractivity contribution < 1.29 is 9.59 Å². The first-order chi connectivity index (χ1) is 8.24. The van der Waals surface area contributed by atoms with Crippen LogP contribution in [0.3, 0.4) is 0 Å². The highest BCUT2D eigenvalue weighted by Crippen LogP contribution is 2.08. The zero-order chi connectivity index (χ0) is 14.2. The van der Waals surface area contributed by atoms with Gasteiger partial charge in [0.25, 0.3) is 0 Å². The molecule has 0 aliphatic carbocycles. The average Bonchev–Trinajstić information content (AvgIpc) is 2.21. The van der Waals surface area contributed by atoms with Crippen molar-refractivity contribution in [1.82, 2.24) is 10.6 Å². The van der Waals surface area contributed by atoms with Crippen LogP contribution in [0.25, 0.3) is 0 Å². The fourth-order valence-electron chi connectivity index (χ4n) is 1.54. The smallest absolute Gasteiger partial charge is 0.239 e. The van der Waals surface area contributed by atoms with Crippen LogP contribution in [-0.2, 0) is 9.59 Å². The Kier molecular flexibility index (Phi) is 7.59. The van der Waals surface area contributed by atoms with Crippen molar-refractivity contribution in [3.63, 3.8) is 0 Å². The summed E-state index contributed by atoms with van der Waals surface area (Å²) in [4.78, 5) is 23.0. The largest absolute Gasteiger partial charge is 0.350 e. The summed E-state index contributed by atoms with van der Waals surface area (Å²) in [5.41, 5.74) is 5.17. The predicted molar refractivity (Wildman–Crippen MR) is 73.0 cm³/mol. The molecule has 5 heteroatoms. The van der Waals surface area contributed by atoms with Crippen molar-refractivity contribution in [2.45, 2.75) is 52.5 Å². The zero-order valence-electron chi connectivity index (χ0n) is 12.0. The van der Waals surface area contributed by atoms with Gasteiger partial charge in [-0.15, -0.1) is 0 Å². The Morgan fingerprint density at radius 1 is 1.17 bits per heavy atom. The van der Waals surface area contributed by atoms with E-state index in [9.17, 15) is 9.59 Å². The summed E-state index contributed by atoms with van der Waals surface area (Å²) in [6.45, 7) is 8.48. The van der Waals surface area contributed by atoms with Crippen molar-refractivity contribution in [1.29, 1.82) is 0 Å². The minimum Gasteiger partial charge on any atom is -0.350 e. The first-order valence-electron chi connectivity index (χ1n) is 6.52. The molecule has 0 fully saturated rings. The minimum atomic E-state index is -0.266. The van der Waals surface area contributed by atoms with Crippen LogP contribution in [0.1, 0.15) is 47.0 Å². The molecule has 2 amide bonds. The number of nitrogens with two attached hydrogens (primary N) is 1. The summed E-state index contributed by atoms with van der Waals surface area (Å²) in [5, 5.41) is 5.41. The molecule has 5 nitrogen and oxygen atoms in total. The van der Waals surface area contributed by atoms with Gasteiger partial charge in [0.2, 0.25) is 11.8 Å². The van der Waals surface area contributed by atoms with E-state index in [1.807, 2.05) is 20.8 Å². The highest BCUT2D eigenvalue weighted by Gasteiger charge is 2.14. The van der Waals surface area contributed by atoms with E-state index in [-0.39, 0.29) is 23.9 Å². The van der Waals surface area contributed by atoms with Gasteiger partial charge in [-0.3, -0.25) is 9.59 Å². The number of rotatable bonds is 7. The second-order valence-electron chi connectivity index (χ2n) is 5.80. The molecule has 106 valence electrons. The quantitative estimate of drug-likeness (QED) is 0.630. The Bertz CT molecular complexity index is 272. The van der Waals surface area contributed by atoms with Gasteiger partial charge in [0.05, 0.1) is 6.54 Å². The Labute approximate surface area is 110 Å². The van der Waals surface area contributed by atoms with Gasteiger partial charge in [0.1, 0.15) is 0 Å². The summed E-state index contributed by atoms with van der Waals surface area (Å²) >= 11 is 0. The average molecular weight is 257 g/mol. The molecule has 1 atom stereocenters. The molecule has 0 saturated heterocycles. The summed E-state index contributed by atoms with van der Waals surface area (Å²) in [5.74, 6) is 0.206. The van der Waals surface area contributed by atoms with Crippen molar-refractivity contribution >= 4 is 11.8 Å². The molecule has 0 saturated carbocycles. The molecular weight excluding hydrogens is 230 g/mol. The van der Waals surface area contributed by atoms with Crippen LogP contribution in [0.2, 0.25) is 0 Å². The Hall–Kier alpha value is -1.10. The van der Waals surface area contributed by atoms with E-state index in [2.05, 4.69) is 17.6 Å². The molecule has 0 rings (SSSR count). The van der Waals surface area contributed by atoms with Crippen LogP contribution < -0.4 is 16.4 Å². The third kappa shape index (κ3) is 10.1. The van der Waals surface area contributed by atoms with Crippen LogP contribution in [0.5, 0.6) is 0 Å². The van der Waals surface area contributed by atoms with Gasteiger partial charge >= 0.3 is 0 Å². The normalized spacial score (nSPS) is 12.9. The molecule has 1 unspecified atom stereocenters. The Morgan fingerprint density at radius 2 is 1.78 bits per heavy atom. The summed E-state index contributed by atoms with van der Waals surface area (Å²) in [7, 11) is 0. The summed E-state index contributed by atoms with van der Waals surface area (Å²) in [6.07, 6.45) is 2.19. The maximum Gasteiger partial charge on any atom is 0.239 e. The van der Waals surface area contributed by atoms with Crippen molar-refractivity contribution in [3.05, 3.63) is 0 Å². The van der Waals surface area contributed by atoms with Gasteiger partial charge in [0, 0.05) is 12.0 Å². The van der Waals surface area contributed by atoms with E-state index in [0.29, 0.717) is 18.9 Å². The van der Waals surface area contributed by atoms with Gasteiger partial charge in [-0.2, -0.15) is 0 Å². The summed E-state index contributed by atoms with van der Waals surface area (Å²) < 4.78 is 0. The Balaban J connectivity index is 3.74. The van der Waals surface area contributed by atoms with E-state index >= 15 is 0 Å². The summed E-state index contributed by atoms with van der Waals surface area (Å²) in [6, 6.07) is 0. The number of hydrogen-bond acceptors (Lipinski definition) is 3. The maximum atomic E-state index is 11.5. The minimum absolute atomic E-state index is 0.0430. The van der Waals surface area contributed by atoms with Crippen LogP contribution in [-0.4, -0.2) is 30.4 Å². The number of nitrogens with one attached hydrogen (secondary N) is 2. The monoisotopic (exact) mass is 257 g/mol. The van der Waals surface area contributed by atoms with Gasteiger partial charge in [0.15, 0.2) is 0 Å². The molecule has 0 aromatic heterocycles. The molecular formula is C13H27N3O2. The standard InChI is InChI=1S/C13H27N3O2/c1-10(7-8-14)5-6-11(17)15-9-12(18)16-13(2,3)4/h10H,5-9,14H2,1-4H3,(H,15,17)(H,16,18). The lowest BCUT2D eigenvalue weighted by atomic mass is 10.0. The van der Waals surface area contributed by atoms with E-state index in [1.54, 1.807) is 0 Å².